The van der Waals surface area contributed by atoms with Crippen molar-refractivity contribution in [3.8, 4) is 0 Å². The van der Waals surface area contributed by atoms with Crippen molar-refractivity contribution in [3.05, 3.63) is 17.0 Å². The van der Waals surface area contributed by atoms with E-state index >= 15 is 0 Å². The summed E-state index contributed by atoms with van der Waals surface area (Å²) in [6.45, 7) is 2.01. The highest BCUT2D eigenvalue weighted by atomic mass is 32.2. The summed E-state index contributed by atoms with van der Waals surface area (Å²) in [5.74, 6) is 0.290. The maximum Gasteiger partial charge on any atom is 0.252 e. The molecule has 20 heavy (non-hydrogen) atoms. The summed E-state index contributed by atoms with van der Waals surface area (Å²) >= 11 is 0.974. The molecule has 0 spiro atoms. The number of nitrogens with two attached hydrogens (primary N) is 1. The van der Waals surface area contributed by atoms with E-state index in [1.165, 1.54) is 30.7 Å². The highest BCUT2D eigenvalue weighted by molar-refractivity contribution is 7.91. The third kappa shape index (κ3) is 3.80. The lowest BCUT2D eigenvalue weighted by Gasteiger charge is -2.28. The van der Waals surface area contributed by atoms with E-state index in [4.69, 9.17) is 5.14 Å². The van der Waals surface area contributed by atoms with Crippen molar-refractivity contribution < 1.29 is 13.2 Å². The van der Waals surface area contributed by atoms with Gasteiger partial charge in [0, 0.05) is 11.4 Å². The predicted molar refractivity (Wildman–Crippen MR) is 79.2 cm³/mol. The lowest BCUT2D eigenvalue weighted by atomic mass is 9.84. The number of primary sulfonamides is 1. The average Bonchev–Trinajstić information content (AvgIpc) is 2.89. The van der Waals surface area contributed by atoms with Crippen LogP contribution in [-0.2, 0) is 10.0 Å². The van der Waals surface area contributed by atoms with E-state index in [1.54, 1.807) is 0 Å². The third-order valence-corrected chi connectivity index (χ3v) is 6.22. The summed E-state index contributed by atoms with van der Waals surface area (Å²) in [6.07, 6.45) is 6.01. The minimum Gasteiger partial charge on any atom is -0.349 e. The summed E-state index contributed by atoms with van der Waals surface area (Å²) in [7, 11) is -3.73. The Kier molecular flexibility index (Phi) is 4.82. The Bertz CT molecular complexity index is 574. The molecule has 0 aliphatic heterocycles. The molecule has 112 valence electrons. The van der Waals surface area contributed by atoms with Crippen LogP contribution >= 0.6 is 11.3 Å². The van der Waals surface area contributed by atoms with Crippen LogP contribution < -0.4 is 10.5 Å². The van der Waals surface area contributed by atoms with Crippen LogP contribution in [0.2, 0.25) is 0 Å². The number of rotatable bonds is 4. The SMILES string of the molecule is CC(NC(=O)c1csc(S(N)(=O)=O)c1)C1CCCCC1. The second kappa shape index (κ2) is 6.24. The molecule has 1 amide bonds. The van der Waals surface area contributed by atoms with E-state index in [1.807, 2.05) is 6.92 Å². The molecule has 0 saturated heterocycles. The monoisotopic (exact) mass is 316 g/mol. The zero-order chi connectivity index (χ0) is 14.8. The van der Waals surface area contributed by atoms with Gasteiger partial charge in [0.05, 0.1) is 5.56 Å². The summed E-state index contributed by atoms with van der Waals surface area (Å²) in [5, 5.41) is 9.53. The molecular formula is C13H20N2O3S2. The van der Waals surface area contributed by atoms with Crippen molar-refractivity contribution in [2.75, 3.05) is 0 Å². The first-order chi connectivity index (χ1) is 9.38. The summed E-state index contributed by atoms with van der Waals surface area (Å²) in [4.78, 5) is 12.1. The quantitative estimate of drug-likeness (QED) is 0.891. The maximum absolute atomic E-state index is 12.1. The molecule has 1 atom stereocenters. The molecule has 2 rings (SSSR count). The van der Waals surface area contributed by atoms with Crippen LogP contribution in [0.4, 0.5) is 0 Å². The third-order valence-electron chi connectivity index (χ3n) is 3.83. The van der Waals surface area contributed by atoms with Gasteiger partial charge in [-0.25, -0.2) is 13.6 Å². The van der Waals surface area contributed by atoms with Crippen molar-refractivity contribution in [1.82, 2.24) is 5.32 Å². The Morgan fingerprint density at radius 3 is 2.60 bits per heavy atom. The molecule has 5 nitrogen and oxygen atoms in total. The maximum atomic E-state index is 12.1. The number of hydrogen-bond acceptors (Lipinski definition) is 4. The van der Waals surface area contributed by atoms with Crippen LogP contribution in [0.1, 0.15) is 49.4 Å². The smallest absolute Gasteiger partial charge is 0.252 e. The van der Waals surface area contributed by atoms with Crippen molar-refractivity contribution in [3.63, 3.8) is 0 Å². The molecular weight excluding hydrogens is 296 g/mol. The van der Waals surface area contributed by atoms with Crippen LogP contribution in [0.5, 0.6) is 0 Å². The normalized spacial score (nSPS) is 18.7. The van der Waals surface area contributed by atoms with Crippen LogP contribution in [0, 0.1) is 5.92 Å². The van der Waals surface area contributed by atoms with E-state index < -0.39 is 10.0 Å². The first kappa shape index (κ1) is 15.5. The van der Waals surface area contributed by atoms with Gasteiger partial charge in [-0.3, -0.25) is 4.79 Å². The van der Waals surface area contributed by atoms with E-state index in [2.05, 4.69) is 5.32 Å². The Balaban J connectivity index is 1.99. The molecule has 1 heterocycles. The minimum atomic E-state index is -3.73. The van der Waals surface area contributed by atoms with E-state index in [-0.39, 0.29) is 16.2 Å². The van der Waals surface area contributed by atoms with Gasteiger partial charge in [0.25, 0.3) is 5.91 Å². The Morgan fingerprint density at radius 1 is 1.40 bits per heavy atom. The van der Waals surface area contributed by atoms with Gasteiger partial charge >= 0.3 is 0 Å². The Labute approximate surface area is 123 Å². The van der Waals surface area contributed by atoms with Gasteiger partial charge in [-0.05, 0) is 31.7 Å². The number of carbonyl (C=O) groups is 1. The van der Waals surface area contributed by atoms with Gasteiger partial charge in [0.1, 0.15) is 4.21 Å². The largest absolute Gasteiger partial charge is 0.349 e. The topological polar surface area (TPSA) is 89.3 Å². The van der Waals surface area contributed by atoms with E-state index in [9.17, 15) is 13.2 Å². The first-order valence-electron chi connectivity index (χ1n) is 6.80. The Morgan fingerprint density at radius 2 is 2.05 bits per heavy atom. The molecule has 7 heteroatoms. The average molecular weight is 316 g/mol. The van der Waals surface area contributed by atoms with Gasteiger partial charge in [-0.15, -0.1) is 11.3 Å². The predicted octanol–water partition coefficient (Wildman–Crippen LogP) is 2.09. The second-order valence-electron chi connectivity index (χ2n) is 5.36. The summed E-state index contributed by atoms with van der Waals surface area (Å²) in [6, 6.07) is 1.45. The highest BCUT2D eigenvalue weighted by Crippen LogP contribution is 2.26. The zero-order valence-electron chi connectivity index (χ0n) is 11.5. The van der Waals surface area contributed by atoms with E-state index in [0.29, 0.717) is 11.5 Å². The van der Waals surface area contributed by atoms with Crippen molar-refractivity contribution in [2.24, 2.45) is 11.1 Å². The molecule has 1 aliphatic carbocycles. The zero-order valence-corrected chi connectivity index (χ0v) is 13.1. The molecule has 1 aromatic heterocycles. The lowest BCUT2D eigenvalue weighted by molar-refractivity contribution is 0.0919. The number of carbonyl (C=O) groups excluding carboxylic acids is 1. The van der Waals surface area contributed by atoms with Crippen molar-refractivity contribution in [2.45, 2.75) is 49.3 Å². The van der Waals surface area contributed by atoms with Crippen LogP contribution in [0.3, 0.4) is 0 Å². The molecule has 3 N–H and O–H groups in total. The van der Waals surface area contributed by atoms with Crippen LogP contribution in [0.25, 0.3) is 0 Å². The van der Waals surface area contributed by atoms with Crippen molar-refractivity contribution >= 4 is 27.3 Å². The van der Waals surface area contributed by atoms with Crippen molar-refractivity contribution in [1.29, 1.82) is 0 Å². The summed E-state index contributed by atoms with van der Waals surface area (Å²) in [5.41, 5.74) is 0.363. The molecule has 1 fully saturated rings. The molecule has 1 saturated carbocycles. The number of nitrogens with one attached hydrogen (secondary N) is 1. The highest BCUT2D eigenvalue weighted by Gasteiger charge is 2.23. The van der Waals surface area contributed by atoms with E-state index in [0.717, 1.165) is 24.2 Å². The molecule has 0 aromatic carbocycles. The Hall–Kier alpha value is -0.920. The van der Waals surface area contributed by atoms with Crippen LogP contribution in [-0.4, -0.2) is 20.4 Å². The van der Waals surface area contributed by atoms with Crippen LogP contribution in [0.15, 0.2) is 15.7 Å². The first-order valence-corrected chi connectivity index (χ1v) is 9.22. The summed E-state index contributed by atoms with van der Waals surface area (Å²) < 4.78 is 22.4. The molecule has 1 aromatic rings. The fraction of sp³-hybridized carbons (Fsp3) is 0.615. The fourth-order valence-electron chi connectivity index (χ4n) is 2.63. The number of hydrogen-bond donors (Lipinski definition) is 2. The molecule has 0 bridgehead atoms. The fourth-order valence-corrected chi connectivity index (χ4v) is 4.21. The van der Waals surface area contributed by atoms with Gasteiger partial charge in [-0.2, -0.15) is 0 Å². The van der Waals surface area contributed by atoms with Gasteiger partial charge < -0.3 is 5.32 Å². The molecule has 1 aliphatic rings. The van der Waals surface area contributed by atoms with Gasteiger partial charge in [0.15, 0.2) is 0 Å². The van der Waals surface area contributed by atoms with Gasteiger partial charge in [-0.1, -0.05) is 19.3 Å². The molecule has 0 radical (unpaired) electrons. The minimum absolute atomic E-state index is 0.0213. The number of amides is 1. The molecule has 1 unspecified atom stereocenters. The number of thiophene rings is 1. The second-order valence-corrected chi connectivity index (χ2v) is 8.06. The number of sulfonamides is 1. The van der Waals surface area contributed by atoms with Gasteiger partial charge in [0.2, 0.25) is 10.0 Å². The standard InChI is InChI=1S/C13H20N2O3S2/c1-9(10-5-3-2-4-6-10)15-13(16)11-7-12(19-8-11)20(14,17)18/h7-10H,2-6H2,1H3,(H,15,16)(H2,14,17,18). The lowest BCUT2D eigenvalue weighted by Crippen LogP contribution is -2.38.